The van der Waals surface area contributed by atoms with Crippen LogP contribution in [0.3, 0.4) is 0 Å². The first-order valence-electron chi connectivity index (χ1n) is 7.75. The van der Waals surface area contributed by atoms with Gasteiger partial charge in [-0.25, -0.2) is 0 Å². The third kappa shape index (κ3) is 3.42. The minimum Gasteiger partial charge on any atom is -0.488 e. The van der Waals surface area contributed by atoms with E-state index in [-0.39, 0.29) is 0 Å². The second kappa shape index (κ2) is 7.43. The van der Waals surface area contributed by atoms with Crippen molar-refractivity contribution in [1.29, 1.82) is 0 Å². The van der Waals surface area contributed by atoms with Crippen LogP contribution in [0.5, 0.6) is 11.5 Å². The second-order valence-electron chi connectivity index (χ2n) is 5.38. The first-order chi connectivity index (χ1) is 11.2. The normalized spacial score (nSPS) is 13.5. The van der Waals surface area contributed by atoms with E-state index in [0.717, 1.165) is 35.4 Å². The van der Waals surface area contributed by atoms with Gasteiger partial charge in [0.2, 0.25) is 0 Å². The Morgan fingerprint density at radius 3 is 2.52 bits per heavy atom. The van der Waals surface area contributed by atoms with E-state index in [0.29, 0.717) is 35.6 Å². The summed E-state index contributed by atoms with van der Waals surface area (Å²) in [5.74, 6) is 1.28. The molecule has 2 aromatic carbocycles. The van der Waals surface area contributed by atoms with Crippen LogP contribution in [0.4, 0.5) is 0 Å². The summed E-state index contributed by atoms with van der Waals surface area (Å²) in [6.45, 7) is 4.49. The molecule has 0 fully saturated rings. The summed E-state index contributed by atoms with van der Waals surface area (Å²) in [5.41, 5.74) is 3.20. The van der Waals surface area contributed by atoms with Crippen molar-refractivity contribution in [3.8, 4) is 11.5 Å². The fourth-order valence-corrected chi connectivity index (χ4v) is 3.29. The smallest absolute Gasteiger partial charge is 0.181 e. The SMILES string of the molecule is CCOc1c(Cl)c(Cl)c2c(c1OCc1ccccc1)CCNC2. The van der Waals surface area contributed by atoms with Crippen LogP contribution in [-0.4, -0.2) is 13.2 Å². The molecule has 2 aromatic rings. The number of rotatable bonds is 5. The zero-order chi connectivity index (χ0) is 16.2. The van der Waals surface area contributed by atoms with Crippen molar-refractivity contribution in [2.24, 2.45) is 0 Å². The number of nitrogens with one attached hydrogen (secondary N) is 1. The topological polar surface area (TPSA) is 30.5 Å². The van der Waals surface area contributed by atoms with Gasteiger partial charge < -0.3 is 14.8 Å². The number of halogens is 2. The van der Waals surface area contributed by atoms with E-state index < -0.39 is 0 Å². The number of hydrogen-bond donors (Lipinski definition) is 1. The van der Waals surface area contributed by atoms with Gasteiger partial charge >= 0.3 is 0 Å². The maximum Gasteiger partial charge on any atom is 0.181 e. The first kappa shape index (κ1) is 16.4. The molecule has 0 atom stereocenters. The van der Waals surface area contributed by atoms with E-state index in [2.05, 4.69) is 5.32 Å². The molecule has 0 aromatic heterocycles. The van der Waals surface area contributed by atoms with Crippen LogP contribution in [0.15, 0.2) is 30.3 Å². The fraction of sp³-hybridized carbons (Fsp3) is 0.333. The minimum atomic E-state index is 0.430. The van der Waals surface area contributed by atoms with E-state index in [4.69, 9.17) is 32.7 Å². The molecule has 0 radical (unpaired) electrons. The average Bonchev–Trinajstić information content (AvgIpc) is 2.60. The first-order valence-corrected chi connectivity index (χ1v) is 8.51. The second-order valence-corrected chi connectivity index (χ2v) is 6.13. The van der Waals surface area contributed by atoms with Crippen LogP contribution in [0.25, 0.3) is 0 Å². The van der Waals surface area contributed by atoms with Crippen LogP contribution in [0.1, 0.15) is 23.6 Å². The molecule has 0 saturated carbocycles. The molecule has 3 rings (SSSR count). The maximum absolute atomic E-state index is 6.43. The van der Waals surface area contributed by atoms with Crippen LogP contribution < -0.4 is 14.8 Å². The molecule has 3 nitrogen and oxygen atoms in total. The number of ether oxygens (including phenoxy) is 2. The van der Waals surface area contributed by atoms with Crippen molar-refractivity contribution in [3.05, 3.63) is 57.1 Å². The Hall–Kier alpha value is -1.42. The molecule has 0 bridgehead atoms. The summed E-state index contributed by atoms with van der Waals surface area (Å²) in [6, 6.07) is 10.0. The fourth-order valence-electron chi connectivity index (χ4n) is 2.77. The summed E-state index contributed by atoms with van der Waals surface area (Å²) < 4.78 is 11.9. The molecule has 1 N–H and O–H groups in total. The molecule has 1 heterocycles. The summed E-state index contributed by atoms with van der Waals surface area (Å²) in [6.07, 6.45) is 0.844. The third-order valence-corrected chi connectivity index (χ3v) is 4.74. The van der Waals surface area contributed by atoms with Gasteiger partial charge in [0.1, 0.15) is 11.6 Å². The molecule has 0 unspecified atom stereocenters. The Balaban J connectivity index is 2.00. The van der Waals surface area contributed by atoms with Crippen molar-refractivity contribution in [2.45, 2.75) is 26.5 Å². The lowest BCUT2D eigenvalue weighted by atomic mass is 9.99. The minimum absolute atomic E-state index is 0.430. The molecule has 0 aliphatic carbocycles. The predicted molar refractivity (Wildman–Crippen MR) is 93.8 cm³/mol. The van der Waals surface area contributed by atoms with Gasteiger partial charge in [-0.3, -0.25) is 0 Å². The van der Waals surface area contributed by atoms with Crippen LogP contribution in [-0.2, 0) is 19.6 Å². The Labute approximate surface area is 146 Å². The van der Waals surface area contributed by atoms with Gasteiger partial charge in [-0.15, -0.1) is 0 Å². The van der Waals surface area contributed by atoms with Gasteiger partial charge in [0, 0.05) is 12.1 Å². The molecular formula is C18H19Cl2NO2. The van der Waals surface area contributed by atoms with Crippen molar-refractivity contribution < 1.29 is 9.47 Å². The predicted octanol–water partition coefficient (Wildman–Crippen LogP) is 4.62. The van der Waals surface area contributed by atoms with Gasteiger partial charge in [0.15, 0.2) is 11.5 Å². The van der Waals surface area contributed by atoms with E-state index in [1.165, 1.54) is 0 Å². The van der Waals surface area contributed by atoms with Gasteiger partial charge in [-0.1, -0.05) is 53.5 Å². The van der Waals surface area contributed by atoms with Crippen molar-refractivity contribution >= 4 is 23.2 Å². The number of benzene rings is 2. The summed E-state index contributed by atoms with van der Waals surface area (Å²) in [5, 5.41) is 4.31. The van der Waals surface area contributed by atoms with Crippen molar-refractivity contribution in [1.82, 2.24) is 5.32 Å². The van der Waals surface area contributed by atoms with Gasteiger partial charge in [0.25, 0.3) is 0 Å². The lowest BCUT2D eigenvalue weighted by molar-refractivity contribution is 0.265. The zero-order valence-electron chi connectivity index (χ0n) is 13.0. The lowest BCUT2D eigenvalue weighted by Gasteiger charge is -2.25. The zero-order valence-corrected chi connectivity index (χ0v) is 14.5. The van der Waals surface area contributed by atoms with Crippen molar-refractivity contribution in [2.75, 3.05) is 13.2 Å². The van der Waals surface area contributed by atoms with E-state index in [1.807, 2.05) is 37.3 Å². The Morgan fingerprint density at radius 1 is 1.00 bits per heavy atom. The number of fused-ring (bicyclic) bond motifs is 1. The average molecular weight is 352 g/mol. The third-order valence-electron chi connectivity index (χ3n) is 3.87. The molecule has 1 aliphatic rings. The molecular weight excluding hydrogens is 333 g/mol. The van der Waals surface area contributed by atoms with E-state index >= 15 is 0 Å². The highest BCUT2D eigenvalue weighted by molar-refractivity contribution is 6.43. The van der Waals surface area contributed by atoms with Crippen LogP contribution in [0.2, 0.25) is 10.0 Å². The Bertz CT molecular complexity index is 689. The van der Waals surface area contributed by atoms with Gasteiger partial charge in [-0.05, 0) is 31.0 Å². The standard InChI is InChI=1S/C18H19Cl2NO2/c1-2-22-18-16(20)15(19)14-10-21-9-8-13(14)17(18)23-11-12-6-4-3-5-7-12/h3-7,21H,2,8-11H2,1H3. The summed E-state index contributed by atoms with van der Waals surface area (Å²) in [7, 11) is 0. The lowest BCUT2D eigenvalue weighted by Crippen LogP contribution is -2.25. The molecule has 0 saturated heterocycles. The quantitative estimate of drug-likeness (QED) is 0.852. The van der Waals surface area contributed by atoms with Gasteiger partial charge in [-0.2, -0.15) is 0 Å². The maximum atomic E-state index is 6.43. The number of hydrogen-bond acceptors (Lipinski definition) is 3. The largest absolute Gasteiger partial charge is 0.488 e. The summed E-state index contributed by atoms with van der Waals surface area (Å²) >= 11 is 12.9. The molecule has 0 amide bonds. The highest BCUT2D eigenvalue weighted by Gasteiger charge is 2.26. The van der Waals surface area contributed by atoms with E-state index in [1.54, 1.807) is 0 Å². The van der Waals surface area contributed by atoms with Gasteiger partial charge in [0.05, 0.1) is 11.6 Å². The molecule has 23 heavy (non-hydrogen) atoms. The Kier molecular flexibility index (Phi) is 5.31. The Morgan fingerprint density at radius 2 is 1.78 bits per heavy atom. The monoisotopic (exact) mass is 351 g/mol. The highest BCUT2D eigenvalue weighted by Crippen LogP contribution is 2.47. The van der Waals surface area contributed by atoms with Crippen molar-refractivity contribution in [3.63, 3.8) is 0 Å². The summed E-state index contributed by atoms with van der Waals surface area (Å²) in [4.78, 5) is 0. The molecule has 5 heteroatoms. The van der Waals surface area contributed by atoms with Crippen LogP contribution in [0, 0.1) is 0 Å². The molecule has 0 spiro atoms. The van der Waals surface area contributed by atoms with Crippen LogP contribution >= 0.6 is 23.2 Å². The molecule has 1 aliphatic heterocycles. The van der Waals surface area contributed by atoms with E-state index in [9.17, 15) is 0 Å². The highest BCUT2D eigenvalue weighted by atomic mass is 35.5. The molecule has 122 valence electrons.